The second-order valence-corrected chi connectivity index (χ2v) is 10.1. The summed E-state index contributed by atoms with van der Waals surface area (Å²) >= 11 is 0. The van der Waals surface area contributed by atoms with E-state index in [1.54, 1.807) is 42.9 Å². The average molecular weight is 558 g/mol. The minimum Gasteiger partial charge on any atom is -0.496 e. The highest BCUT2D eigenvalue weighted by Crippen LogP contribution is 2.36. The second kappa shape index (κ2) is 12.1. The summed E-state index contributed by atoms with van der Waals surface area (Å²) in [6.07, 6.45) is 11.2. The second-order valence-electron chi connectivity index (χ2n) is 10.1. The highest BCUT2D eigenvalue weighted by molar-refractivity contribution is 5.99. The number of methoxy groups -OCH3 is 1. The summed E-state index contributed by atoms with van der Waals surface area (Å²) < 4.78 is 12.8. The normalized spacial score (nSPS) is 14.8. The predicted octanol–water partition coefficient (Wildman–Crippen LogP) is 5.33. The highest BCUT2D eigenvalue weighted by Gasteiger charge is 2.25. The molecule has 1 atom stereocenters. The summed E-state index contributed by atoms with van der Waals surface area (Å²) in [6.45, 7) is 0. The van der Waals surface area contributed by atoms with E-state index in [-0.39, 0.29) is 6.42 Å². The lowest BCUT2D eigenvalue weighted by Gasteiger charge is -2.25. The van der Waals surface area contributed by atoms with Gasteiger partial charge in [-0.2, -0.15) is 0 Å². The molecule has 0 spiro atoms. The zero-order valence-electron chi connectivity index (χ0n) is 22.6. The number of nitrogens with one attached hydrogen (secondary N) is 1. The Morgan fingerprint density at radius 1 is 1.12 bits per heavy atom. The Bertz CT molecular complexity index is 1600. The molecule has 41 heavy (non-hydrogen) atoms. The molecule has 1 unspecified atom stereocenters. The molecule has 4 aromatic rings. The lowest BCUT2D eigenvalue weighted by molar-refractivity contribution is -0.139. The SMILES string of the molecule is COc1ccc(CC(NC(=O)c2ccc3c(c2)nc(-c2ccoc2)n3C2CCCCC2)C(=O)O)cc1/C=C/C(=O)O. The van der Waals surface area contributed by atoms with Crippen LogP contribution < -0.4 is 10.1 Å². The number of amides is 1. The maximum Gasteiger partial charge on any atom is 0.328 e. The topological polar surface area (TPSA) is 144 Å². The molecule has 1 aliphatic carbocycles. The quantitative estimate of drug-likeness (QED) is 0.222. The molecule has 1 saturated carbocycles. The van der Waals surface area contributed by atoms with Crippen LogP contribution in [-0.4, -0.2) is 50.8 Å². The first-order valence-corrected chi connectivity index (χ1v) is 13.5. The van der Waals surface area contributed by atoms with Gasteiger partial charge in [0.25, 0.3) is 5.91 Å². The van der Waals surface area contributed by atoms with E-state index >= 15 is 0 Å². The molecule has 2 heterocycles. The van der Waals surface area contributed by atoms with Gasteiger partial charge in [-0.05, 0) is 60.9 Å². The number of imidazole rings is 1. The van der Waals surface area contributed by atoms with E-state index < -0.39 is 23.9 Å². The van der Waals surface area contributed by atoms with Crippen LogP contribution in [0.3, 0.4) is 0 Å². The van der Waals surface area contributed by atoms with Crippen LogP contribution in [0.1, 0.15) is 59.6 Å². The summed E-state index contributed by atoms with van der Waals surface area (Å²) in [6, 6.07) is 11.2. The predicted molar refractivity (Wildman–Crippen MR) is 152 cm³/mol. The van der Waals surface area contributed by atoms with Gasteiger partial charge in [0.15, 0.2) is 0 Å². The zero-order valence-corrected chi connectivity index (χ0v) is 22.6. The van der Waals surface area contributed by atoms with Crippen molar-refractivity contribution in [1.82, 2.24) is 14.9 Å². The first-order chi connectivity index (χ1) is 19.8. The standard InChI is InChI=1S/C31H31N3O7/c1-40-27-11-7-19(15-20(27)9-12-28(35)36)16-25(31(38)39)33-30(37)21-8-10-26-24(17-21)32-29(22-13-14-41-18-22)34(26)23-5-3-2-4-6-23/h7-15,17-18,23,25H,2-6,16H2,1H3,(H,33,37)(H,35,36)(H,38,39)/b12-9+. The Hall–Kier alpha value is -4.86. The molecular weight excluding hydrogens is 526 g/mol. The van der Waals surface area contributed by atoms with Crippen LogP contribution >= 0.6 is 0 Å². The number of fused-ring (bicyclic) bond motifs is 1. The minimum atomic E-state index is -1.22. The minimum absolute atomic E-state index is 0.0117. The third-order valence-corrected chi connectivity index (χ3v) is 7.41. The van der Waals surface area contributed by atoms with Crippen LogP contribution in [0.15, 0.2) is 65.5 Å². The van der Waals surface area contributed by atoms with Gasteiger partial charge in [-0.1, -0.05) is 25.3 Å². The molecule has 212 valence electrons. The van der Waals surface area contributed by atoms with Gasteiger partial charge in [-0.15, -0.1) is 0 Å². The Morgan fingerprint density at radius 2 is 1.93 bits per heavy atom. The van der Waals surface area contributed by atoms with E-state index in [1.807, 2.05) is 12.1 Å². The van der Waals surface area contributed by atoms with Gasteiger partial charge in [0, 0.05) is 29.7 Å². The summed E-state index contributed by atoms with van der Waals surface area (Å²) in [5.41, 5.74) is 3.80. The van der Waals surface area contributed by atoms with E-state index in [0.29, 0.717) is 34.0 Å². The van der Waals surface area contributed by atoms with Gasteiger partial charge in [0.1, 0.15) is 23.9 Å². The van der Waals surface area contributed by atoms with E-state index in [9.17, 15) is 19.5 Å². The van der Waals surface area contributed by atoms with Crippen LogP contribution in [0, 0.1) is 0 Å². The molecule has 3 N–H and O–H groups in total. The fraction of sp³-hybridized carbons (Fsp3) is 0.290. The fourth-order valence-corrected chi connectivity index (χ4v) is 5.42. The molecule has 0 radical (unpaired) electrons. The lowest BCUT2D eigenvalue weighted by Crippen LogP contribution is -2.42. The van der Waals surface area contributed by atoms with Crippen molar-refractivity contribution in [2.45, 2.75) is 50.6 Å². The van der Waals surface area contributed by atoms with Gasteiger partial charge >= 0.3 is 11.9 Å². The Kier molecular flexibility index (Phi) is 8.19. The molecule has 2 aromatic heterocycles. The number of ether oxygens (including phenoxy) is 1. The maximum atomic E-state index is 13.2. The Labute approximate surface area is 236 Å². The summed E-state index contributed by atoms with van der Waals surface area (Å²) in [7, 11) is 1.46. The van der Waals surface area contributed by atoms with Crippen molar-refractivity contribution in [3.8, 4) is 17.1 Å². The van der Waals surface area contributed by atoms with E-state index in [4.69, 9.17) is 19.2 Å². The third-order valence-electron chi connectivity index (χ3n) is 7.41. The molecule has 5 rings (SSSR count). The number of hydrogen-bond acceptors (Lipinski definition) is 6. The number of carbonyl (C=O) groups is 3. The third kappa shape index (κ3) is 6.16. The van der Waals surface area contributed by atoms with E-state index in [2.05, 4.69) is 9.88 Å². The first kappa shape index (κ1) is 27.7. The summed E-state index contributed by atoms with van der Waals surface area (Å²) in [5.74, 6) is -1.62. The molecule has 10 nitrogen and oxygen atoms in total. The molecule has 1 aliphatic rings. The van der Waals surface area contributed by atoms with Gasteiger partial charge in [-0.3, -0.25) is 4.79 Å². The molecule has 2 aromatic carbocycles. The number of hydrogen-bond donors (Lipinski definition) is 3. The van der Waals surface area contributed by atoms with Crippen molar-refractivity contribution >= 4 is 35.0 Å². The zero-order chi connectivity index (χ0) is 28.9. The highest BCUT2D eigenvalue weighted by atomic mass is 16.5. The largest absolute Gasteiger partial charge is 0.496 e. The Balaban J connectivity index is 1.40. The fourth-order valence-electron chi connectivity index (χ4n) is 5.42. The van der Waals surface area contributed by atoms with Crippen LogP contribution in [-0.2, 0) is 16.0 Å². The molecule has 1 fully saturated rings. The monoisotopic (exact) mass is 557 g/mol. The van der Waals surface area contributed by atoms with Crippen LogP contribution in [0.4, 0.5) is 0 Å². The van der Waals surface area contributed by atoms with Crippen molar-refractivity contribution in [3.63, 3.8) is 0 Å². The molecule has 0 saturated heterocycles. The molecule has 0 bridgehead atoms. The summed E-state index contributed by atoms with van der Waals surface area (Å²) in [5, 5.41) is 21.5. The van der Waals surface area contributed by atoms with Crippen molar-refractivity contribution in [1.29, 1.82) is 0 Å². The number of benzene rings is 2. The van der Waals surface area contributed by atoms with Crippen LogP contribution in [0.5, 0.6) is 5.75 Å². The number of aromatic nitrogens is 2. The van der Waals surface area contributed by atoms with Crippen molar-refractivity contribution < 1.29 is 33.8 Å². The van der Waals surface area contributed by atoms with Crippen LogP contribution in [0.2, 0.25) is 0 Å². The molecule has 1 amide bonds. The van der Waals surface area contributed by atoms with Gasteiger partial charge in [-0.25, -0.2) is 14.6 Å². The summed E-state index contributed by atoms with van der Waals surface area (Å²) in [4.78, 5) is 41.2. The number of furan rings is 1. The number of rotatable bonds is 10. The average Bonchev–Trinajstić information content (AvgIpc) is 3.64. The van der Waals surface area contributed by atoms with E-state index in [1.165, 1.54) is 19.6 Å². The van der Waals surface area contributed by atoms with Crippen molar-refractivity contribution in [2.24, 2.45) is 0 Å². The number of carbonyl (C=O) groups excluding carboxylic acids is 1. The number of carboxylic acid groups (broad SMARTS) is 2. The molecular formula is C31H31N3O7. The van der Waals surface area contributed by atoms with Gasteiger partial charge < -0.3 is 29.3 Å². The maximum absolute atomic E-state index is 13.2. The molecule has 0 aliphatic heterocycles. The first-order valence-electron chi connectivity index (χ1n) is 13.5. The Morgan fingerprint density at radius 3 is 2.61 bits per heavy atom. The van der Waals surface area contributed by atoms with Crippen molar-refractivity contribution in [2.75, 3.05) is 7.11 Å². The number of aliphatic carboxylic acids is 2. The van der Waals surface area contributed by atoms with Gasteiger partial charge in [0.2, 0.25) is 0 Å². The van der Waals surface area contributed by atoms with Gasteiger partial charge in [0.05, 0.1) is 30.0 Å². The number of carboxylic acids is 2. The van der Waals surface area contributed by atoms with E-state index in [0.717, 1.165) is 48.7 Å². The number of nitrogens with zero attached hydrogens (tertiary/aromatic N) is 2. The van der Waals surface area contributed by atoms with Crippen molar-refractivity contribution in [3.05, 3.63) is 77.8 Å². The van der Waals surface area contributed by atoms with Crippen LogP contribution in [0.25, 0.3) is 28.5 Å². The molecule has 10 heteroatoms. The smallest absolute Gasteiger partial charge is 0.328 e. The lowest BCUT2D eigenvalue weighted by atomic mass is 9.95.